The number of hydrogen-bond donors (Lipinski definition) is 2. The second-order valence-corrected chi connectivity index (χ2v) is 5.69. The van der Waals surface area contributed by atoms with Crippen LogP contribution in [-0.4, -0.2) is 11.7 Å². The largest absolute Gasteiger partial charge is 0.388 e. The van der Waals surface area contributed by atoms with Gasteiger partial charge in [-0.25, -0.2) is 4.39 Å². The van der Waals surface area contributed by atoms with E-state index in [0.29, 0.717) is 5.56 Å². The first-order valence-electron chi connectivity index (χ1n) is 7.45. The van der Waals surface area contributed by atoms with Gasteiger partial charge in [-0.15, -0.1) is 0 Å². The molecule has 0 bridgehead atoms. The molecule has 1 aliphatic rings. The molecule has 3 N–H and O–H groups in total. The van der Waals surface area contributed by atoms with Crippen molar-refractivity contribution in [2.75, 3.05) is 6.54 Å². The zero-order valence-corrected chi connectivity index (χ0v) is 11.9. The molecule has 0 aromatic heterocycles. The van der Waals surface area contributed by atoms with Crippen LogP contribution >= 0.6 is 0 Å². The van der Waals surface area contributed by atoms with Gasteiger partial charge in [0.25, 0.3) is 0 Å². The van der Waals surface area contributed by atoms with E-state index in [1.165, 1.54) is 23.6 Å². The number of hydrogen-bond acceptors (Lipinski definition) is 2. The Morgan fingerprint density at radius 1 is 1.10 bits per heavy atom. The fraction of sp³-hybridized carbons (Fsp3) is 0.333. The van der Waals surface area contributed by atoms with Crippen LogP contribution in [0.15, 0.2) is 42.5 Å². The zero-order chi connectivity index (χ0) is 14.8. The molecule has 1 aliphatic carbocycles. The quantitative estimate of drug-likeness (QED) is 0.906. The molecule has 0 spiro atoms. The molecule has 3 heteroatoms. The first-order chi connectivity index (χ1) is 10.2. The van der Waals surface area contributed by atoms with Crippen molar-refractivity contribution in [3.8, 4) is 0 Å². The molecule has 0 aliphatic heterocycles. The molecule has 2 unspecified atom stereocenters. The third kappa shape index (κ3) is 2.71. The lowest BCUT2D eigenvalue weighted by Gasteiger charge is -2.23. The molecule has 2 aromatic carbocycles. The van der Waals surface area contributed by atoms with Gasteiger partial charge in [0.05, 0.1) is 6.10 Å². The van der Waals surface area contributed by atoms with E-state index in [2.05, 4.69) is 12.1 Å². The minimum atomic E-state index is -0.780. The maximum atomic E-state index is 14.0. The van der Waals surface area contributed by atoms with Gasteiger partial charge in [-0.05, 0) is 47.6 Å². The first-order valence-corrected chi connectivity index (χ1v) is 7.45. The van der Waals surface area contributed by atoms with Crippen molar-refractivity contribution >= 4 is 0 Å². The molecular formula is C18H20FNO. The SMILES string of the molecule is NCC(c1ccccc1F)C(O)c1ccc2c(c1)CCC2. The van der Waals surface area contributed by atoms with E-state index in [1.54, 1.807) is 18.2 Å². The number of halogens is 1. The predicted molar refractivity (Wildman–Crippen MR) is 81.6 cm³/mol. The Kier molecular flexibility index (Phi) is 4.04. The highest BCUT2D eigenvalue weighted by atomic mass is 19.1. The Balaban J connectivity index is 1.92. The smallest absolute Gasteiger partial charge is 0.126 e. The van der Waals surface area contributed by atoms with Gasteiger partial charge in [0.2, 0.25) is 0 Å². The maximum Gasteiger partial charge on any atom is 0.126 e. The lowest BCUT2D eigenvalue weighted by atomic mass is 9.88. The van der Waals surface area contributed by atoms with Crippen LogP contribution in [0.25, 0.3) is 0 Å². The fourth-order valence-corrected chi connectivity index (χ4v) is 3.21. The minimum absolute atomic E-state index is 0.208. The number of aliphatic hydroxyl groups excluding tert-OH is 1. The molecule has 2 atom stereocenters. The van der Waals surface area contributed by atoms with Gasteiger partial charge < -0.3 is 10.8 Å². The van der Waals surface area contributed by atoms with Crippen molar-refractivity contribution in [2.24, 2.45) is 5.73 Å². The van der Waals surface area contributed by atoms with Gasteiger partial charge in [-0.2, -0.15) is 0 Å². The van der Waals surface area contributed by atoms with Gasteiger partial charge in [0.1, 0.15) is 5.82 Å². The van der Waals surface area contributed by atoms with Crippen molar-refractivity contribution in [1.82, 2.24) is 0 Å². The fourth-order valence-electron chi connectivity index (χ4n) is 3.21. The molecule has 0 radical (unpaired) electrons. The molecule has 21 heavy (non-hydrogen) atoms. The molecule has 0 fully saturated rings. The summed E-state index contributed by atoms with van der Waals surface area (Å²) in [6.07, 6.45) is 2.56. The van der Waals surface area contributed by atoms with Crippen molar-refractivity contribution in [1.29, 1.82) is 0 Å². The number of nitrogens with two attached hydrogens (primary N) is 1. The number of fused-ring (bicyclic) bond motifs is 1. The summed E-state index contributed by atoms with van der Waals surface area (Å²) in [5.41, 5.74) is 9.77. The van der Waals surface area contributed by atoms with Crippen LogP contribution < -0.4 is 5.73 Å². The molecule has 110 valence electrons. The second-order valence-electron chi connectivity index (χ2n) is 5.69. The highest BCUT2D eigenvalue weighted by molar-refractivity contribution is 5.37. The zero-order valence-electron chi connectivity index (χ0n) is 11.9. The first kappa shape index (κ1) is 14.2. The Morgan fingerprint density at radius 2 is 1.86 bits per heavy atom. The van der Waals surface area contributed by atoms with Gasteiger partial charge in [-0.3, -0.25) is 0 Å². The molecule has 2 aromatic rings. The van der Waals surface area contributed by atoms with Crippen LogP contribution in [0.5, 0.6) is 0 Å². The topological polar surface area (TPSA) is 46.2 Å². The summed E-state index contributed by atoms with van der Waals surface area (Å²) in [7, 11) is 0. The van der Waals surface area contributed by atoms with Gasteiger partial charge in [-0.1, -0.05) is 36.4 Å². The van der Waals surface area contributed by atoms with Gasteiger partial charge >= 0.3 is 0 Å². The maximum absolute atomic E-state index is 14.0. The van der Waals surface area contributed by atoms with E-state index in [4.69, 9.17) is 5.73 Å². The highest BCUT2D eigenvalue weighted by Crippen LogP contribution is 2.33. The minimum Gasteiger partial charge on any atom is -0.388 e. The summed E-state index contributed by atoms with van der Waals surface area (Å²) in [5.74, 6) is -0.737. The Morgan fingerprint density at radius 3 is 2.62 bits per heavy atom. The van der Waals surface area contributed by atoms with E-state index < -0.39 is 12.0 Å². The van der Waals surface area contributed by atoms with Crippen molar-refractivity contribution < 1.29 is 9.50 Å². The van der Waals surface area contributed by atoms with Crippen LogP contribution in [0, 0.1) is 5.82 Å². The Hall–Kier alpha value is -1.71. The van der Waals surface area contributed by atoms with Crippen LogP contribution in [0.4, 0.5) is 4.39 Å². The van der Waals surface area contributed by atoms with Gasteiger partial charge in [0, 0.05) is 12.5 Å². The molecule has 0 saturated carbocycles. The van der Waals surface area contributed by atoms with Crippen molar-refractivity contribution in [2.45, 2.75) is 31.3 Å². The van der Waals surface area contributed by atoms with Gasteiger partial charge in [0.15, 0.2) is 0 Å². The Labute approximate surface area is 124 Å². The van der Waals surface area contributed by atoms with Crippen LogP contribution in [-0.2, 0) is 12.8 Å². The normalized spacial score (nSPS) is 16.5. The number of rotatable bonds is 4. The molecular weight excluding hydrogens is 265 g/mol. The molecule has 0 saturated heterocycles. The van der Waals surface area contributed by atoms with E-state index in [-0.39, 0.29) is 12.4 Å². The summed E-state index contributed by atoms with van der Waals surface area (Å²) in [4.78, 5) is 0. The summed E-state index contributed by atoms with van der Waals surface area (Å²) < 4.78 is 14.0. The van der Waals surface area contributed by atoms with E-state index in [9.17, 15) is 9.50 Å². The standard InChI is InChI=1S/C18H20FNO/c19-17-7-2-1-6-15(17)16(11-20)18(21)14-9-8-12-4-3-5-13(12)10-14/h1-2,6-10,16,18,21H,3-5,11,20H2. The third-order valence-corrected chi connectivity index (χ3v) is 4.40. The Bertz CT molecular complexity index is 641. The predicted octanol–water partition coefficient (Wildman–Crippen LogP) is 3.09. The summed E-state index contributed by atoms with van der Waals surface area (Å²) in [5, 5.41) is 10.6. The van der Waals surface area contributed by atoms with Crippen molar-refractivity contribution in [3.05, 3.63) is 70.5 Å². The van der Waals surface area contributed by atoms with Crippen LogP contribution in [0.1, 0.15) is 40.7 Å². The summed E-state index contributed by atoms with van der Waals surface area (Å²) in [6.45, 7) is 0.208. The average molecular weight is 285 g/mol. The molecule has 2 nitrogen and oxygen atoms in total. The highest BCUT2D eigenvalue weighted by Gasteiger charge is 2.25. The van der Waals surface area contributed by atoms with Crippen LogP contribution in [0.3, 0.4) is 0 Å². The lowest BCUT2D eigenvalue weighted by molar-refractivity contribution is 0.145. The monoisotopic (exact) mass is 285 g/mol. The van der Waals surface area contributed by atoms with Crippen molar-refractivity contribution in [3.63, 3.8) is 0 Å². The second kappa shape index (κ2) is 5.96. The van der Waals surface area contributed by atoms with E-state index >= 15 is 0 Å². The third-order valence-electron chi connectivity index (χ3n) is 4.40. The molecule has 3 rings (SSSR count). The lowest BCUT2D eigenvalue weighted by Crippen LogP contribution is -2.21. The number of aliphatic hydroxyl groups is 1. The van der Waals surface area contributed by atoms with Crippen LogP contribution in [0.2, 0.25) is 0 Å². The summed E-state index contributed by atoms with van der Waals surface area (Å²) in [6, 6.07) is 12.6. The number of aryl methyl sites for hydroxylation is 2. The molecule has 0 amide bonds. The average Bonchev–Trinajstić information content (AvgIpc) is 2.97. The summed E-state index contributed by atoms with van der Waals surface area (Å²) >= 11 is 0. The van der Waals surface area contributed by atoms with E-state index in [0.717, 1.165) is 18.4 Å². The number of benzene rings is 2. The van der Waals surface area contributed by atoms with E-state index in [1.807, 2.05) is 6.07 Å². The molecule has 0 heterocycles.